The van der Waals surface area contributed by atoms with Crippen molar-refractivity contribution in [2.24, 2.45) is 0 Å². The Morgan fingerprint density at radius 1 is 1.38 bits per heavy atom. The summed E-state index contributed by atoms with van der Waals surface area (Å²) >= 11 is 0. The molecule has 0 unspecified atom stereocenters. The average molecular weight is 313 g/mol. The Labute approximate surface area is 122 Å². The van der Waals surface area contributed by atoms with Crippen molar-refractivity contribution in [2.45, 2.75) is 25.1 Å². The van der Waals surface area contributed by atoms with Crippen LogP contribution in [0.25, 0.3) is 0 Å². The van der Waals surface area contributed by atoms with Gasteiger partial charge in [-0.05, 0) is 31.5 Å². The smallest absolute Gasteiger partial charge is 0.339 e. The fraction of sp³-hybridized carbons (Fsp3) is 0.385. The summed E-state index contributed by atoms with van der Waals surface area (Å²) in [4.78, 5) is 22.8. The molecular weight excluding hydrogens is 298 g/mol. The first kappa shape index (κ1) is 15.3. The molecule has 1 amide bonds. The zero-order valence-electron chi connectivity index (χ0n) is 11.8. The SMILES string of the molecule is COc1cc(CN2C(=O)C(C)(C)S2(=O)=O)ccc1C(=O)O. The zero-order valence-corrected chi connectivity index (χ0v) is 12.6. The molecule has 0 aromatic heterocycles. The Morgan fingerprint density at radius 2 is 2.00 bits per heavy atom. The number of hydrogen-bond donors (Lipinski definition) is 1. The molecule has 8 heteroatoms. The molecule has 21 heavy (non-hydrogen) atoms. The lowest BCUT2D eigenvalue weighted by molar-refractivity contribution is -0.132. The van der Waals surface area contributed by atoms with E-state index in [0.717, 1.165) is 4.31 Å². The van der Waals surface area contributed by atoms with Crippen molar-refractivity contribution < 1.29 is 27.9 Å². The number of hydrogen-bond acceptors (Lipinski definition) is 5. The first-order chi connectivity index (χ1) is 9.62. The van der Waals surface area contributed by atoms with Gasteiger partial charge in [-0.25, -0.2) is 17.5 Å². The van der Waals surface area contributed by atoms with Crippen molar-refractivity contribution >= 4 is 21.9 Å². The first-order valence-corrected chi connectivity index (χ1v) is 7.54. The molecule has 0 radical (unpaired) electrons. The van der Waals surface area contributed by atoms with E-state index in [9.17, 15) is 18.0 Å². The lowest BCUT2D eigenvalue weighted by atomic mass is 10.1. The molecule has 0 bridgehead atoms. The van der Waals surface area contributed by atoms with Gasteiger partial charge in [0.1, 0.15) is 11.3 Å². The minimum absolute atomic E-state index is 0.0284. The van der Waals surface area contributed by atoms with Gasteiger partial charge >= 0.3 is 5.97 Å². The number of benzene rings is 1. The molecule has 1 aromatic carbocycles. The molecule has 0 atom stereocenters. The van der Waals surface area contributed by atoms with Crippen LogP contribution in [0.2, 0.25) is 0 Å². The van der Waals surface area contributed by atoms with E-state index in [4.69, 9.17) is 9.84 Å². The van der Waals surface area contributed by atoms with Crippen LogP contribution in [0.4, 0.5) is 0 Å². The Kier molecular flexibility index (Phi) is 3.45. The minimum atomic E-state index is -3.67. The molecular formula is C13H15NO6S. The fourth-order valence-electron chi connectivity index (χ4n) is 2.09. The Balaban J connectivity index is 2.30. The van der Waals surface area contributed by atoms with Crippen molar-refractivity contribution in [1.29, 1.82) is 0 Å². The van der Waals surface area contributed by atoms with E-state index >= 15 is 0 Å². The highest BCUT2D eigenvalue weighted by Crippen LogP contribution is 2.36. The van der Waals surface area contributed by atoms with Crippen LogP contribution in [-0.2, 0) is 21.4 Å². The molecule has 1 fully saturated rings. The summed E-state index contributed by atoms with van der Waals surface area (Å²) in [6, 6.07) is 4.19. The highest BCUT2D eigenvalue weighted by Gasteiger charge is 2.59. The number of methoxy groups -OCH3 is 1. The summed E-state index contributed by atoms with van der Waals surface area (Å²) in [6.45, 7) is 2.57. The lowest BCUT2D eigenvalue weighted by Crippen LogP contribution is -2.66. The topological polar surface area (TPSA) is 101 Å². The highest BCUT2D eigenvalue weighted by atomic mass is 32.2. The number of carbonyl (C=O) groups is 2. The van der Waals surface area contributed by atoms with Gasteiger partial charge in [-0.15, -0.1) is 0 Å². The Morgan fingerprint density at radius 3 is 2.48 bits per heavy atom. The number of aromatic carboxylic acids is 1. The number of carboxylic acid groups (broad SMARTS) is 1. The van der Waals surface area contributed by atoms with Gasteiger partial charge in [-0.3, -0.25) is 4.79 Å². The number of rotatable bonds is 4. The molecule has 0 aliphatic carbocycles. The van der Waals surface area contributed by atoms with E-state index in [0.29, 0.717) is 5.56 Å². The molecule has 1 heterocycles. The number of sulfonamides is 1. The number of amides is 1. The number of carboxylic acids is 1. The predicted octanol–water partition coefficient (Wildman–Crippen LogP) is 0.844. The quantitative estimate of drug-likeness (QED) is 0.884. The van der Waals surface area contributed by atoms with Crippen molar-refractivity contribution in [1.82, 2.24) is 4.31 Å². The molecule has 1 aliphatic heterocycles. The summed E-state index contributed by atoms with van der Waals surface area (Å²) in [5.41, 5.74) is 0.448. The molecule has 1 saturated heterocycles. The summed E-state index contributed by atoms with van der Waals surface area (Å²) in [5, 5.41) is 8.98. The van der Waals surface area contributed by atoms with E-state index in [-0.39, 0.29) is 17.9 Å². The maximum atomic E-state index is 12.0. The van der Waals surface area contributed by atoms with Gasteiger partial charge in [0.05, 0.1) is 13.7 Å². The zero-order chi connectivity index (χ0) is 16.0. The number of nitrogens with zero attached hydrogens (tertiary/aromatic N) is 1. The second-order valence-corrected chi connectivity index (χ2v) is 7.58. The molecule has 1 N–H and O–H groups in total. The van der Waals surface area contributed by atoms with Gasteiger partial charge in [-0.2, -0.15) is 0 Å². The van der Waals surface area contributed by atoms with Crippen LogP contribution < -0.4 is 4.74 Å². The second-order valence-electron chi connectivity index (χ2n) is 5.17. The summed E-state index contributed by atoms with van der Waals surface area (Å²) < 4.78 is 28.3. The van der Waals surface area contributed by atoms with Gasteiger partial charge in [-0.1, -0.05) is 6.07 Å². The van der Waals surface area contributed by atoms with E-state index in [2.05, 4.69) is 0 Å². The van der Waals surface area contributed by atoms with Crippen molar-refractivity contribution in [3.05, 3.63) is 29.3 Å². The molecule has 114 valence electrons. The second kappa shape index (κ2) is 4.73. The Hall–Kier alpha value is -2.09. The van der Waals surface area contributed by atoms with Crippen molar-refractivity contribution in [3.63, 3.8) is 0 Å². The molecule has 2 rings (SSSR count). The summed E-state index contributed by atoms with van der Waals surface area (Å²) in [7, 11) is -2.35. The molecule has 1 aliphatic rings. The standard InChI is InChI=1S/C13H15NO6S/c1-13(2)12(17)14(21(13,18)19)7-8-4-5-9(11(15)16)10(6-8)20-3/h4-6H,7H2,1-3H3,(H,15,16). The molecule has 7 nitrogen and oxygen atoms in total. The van der Waals surface area contributed by atoms with Gasteiger partial charge in [0, 0.05) is 0 Å². The van der Waals surface area contributed by atoms with Gasteiger partial charge < -0.3 is 9.84 Å². The van der Waals surface area contributed by atoms with Gasteiger partial charge in [0.25, 0.3) is 15.9 Å². The van der Waals surface area contributed by atoms with Crippen LogP contribution in [-0.4, -0.2) is 41.6 Å². The lowest BCUT2D eigenvalue weighted by Gasteiger charge is -2.43. The van der Waals surface area contributed by atoms with Crippen LogP contribution in [0.1, 0.15) is 29.8 Å². The third-order valence-corrected chi connectivity index (χ3v) is 5.84. The monoisotopic (exact) mass is 313 g/mol. The van der Waals surface area contributed by atoms with Crippen LogP contribution in [0.3, 0.4) is 0 Å². The molecule has 1 aromatic rings. The third-order valence-electron chi connectivity index (χ3n) is 3.50. The summed E-state index contributed by atoms with van der Waals surface area (Å²) in [5.74, 6) is -1.51. The van der Waals surface area contributed by atoms with E-state index in [1.807, 2.05) is 0 Å². The normalized spacial score (nSPS) is 19.0. The minimum Gasteiger partial charge on any atom is -0.496 e. The van der Waals surface area contributed by atoms with Gasteiger partial charge in [0.2, 0.25) is 0 Å². The van der Waals surface area contributed by atoms with Crippen LogP contribution in [0.15, 0.2) is 18.2 Å². The third kappa shape index (κ3) is 2.15. The van der Waals surface area contributed by atoms with Crippen LogP contribution >= 0.6 is 0 Å². The fourth-order valence-corrected chi connectivity index (χ4v) is 3.60. The first-order valence-electron chi connectivity index (χ1n) is 6.10. The maximum Gasteiger partial charge on any atom is 0.339 e. The van der Waals surface area contributed by atoms with Crippen molar-refractivity contribution in [3.8, 4) is 5.75 Å². The number of ether oxygens (including phenoxy) is 1. The van der Waals surface area contributed by atoms with E-state index < -0.39 is 26.6 Å². The average Bonchev–Trinajstić information content (AvgIpc) is 2.43. The van der Waals surface area contributed by atoms with Crippen molar-refractivity contribution in [2.75, 3.05) is 7.11 Å². The van der Waals surface area contributed by atoms with Crippen LogP contribution in [0, 0.1) is 0 Å². The summed E-state index contributed by atoms with van der Waals surface area (Å²) in [6.07, 6.45) is 0. The number of carbonyl (C=O) groups excluding carboxylic acids is 1. The van der Waals surface area contributed by atoms with E-state index in [1.54, 1.807) is 0 Å². The highest BCUT2D eigenvalue weighted by molar-refractivity contribution is 7.94. The molecule has 0 spiro atoms. The van der Waals surface area contributed by atoms with Gasteiger partial charge in [0.15, 0.2) is 4.75 Å². The van der Waals surface area contributed by atoms with Crippen LogP contribution in [0.5, 0.6) is 5.75 Å². The largest absolute Gasteiger partial charge is 0.496 e. The predicted molar refractivity (Wildman–Crippen MR) is 73.5 cm³/mol. The van der Waals surface area contributed by atoms with E-state index in [1.165, 1.54) is 39.2 Å². The maximum absolute atomic E-state index is 12.0. The molecule has 0 saturated carbocycles. The Bertz CT molecular complexity index is 722.